The predicted molar refractivity (Wildman–Crippen MR) is 29.1 cm³/mol. The van der Waals surface area contributed by atoms with E-state index in [1.54, 1.807) is 0 Å². The molecule has 0 bridgehead atoms. The molecule has 0 saturated carbocycles. The molecule has 0 aliphatic rings. The topological polar surface area (TPSA) is 23.8 Å². The van der Waals surface area contributed by atoms with Crippen LogP contribution in [0.25, 0.3) is 0 Å². The van der Waals surface area contributed by atoms with E-state index in [2.05, 4.69) is 20.5 Å². The van der Waals surface area contributed by atoms with Crippen molar-refractivity contribution in [1.29, 1.82) is 5.26 Å². The molecular formula is C4H6BrNZn. The van der Waals surface area contributed by atoms with Crippen molar-refractivity contribution in [2.75, 3.05) is 0 Å². The Bertz CT molecular complexity index is 50.1. The van der Waals surface area contributed by atoms with E-state index in [-0.39, 0.29) is 0 Å². The van der Waals surface area contributed by atoms with E-state index in [4.69, 9.17) is 5.26 Å². The van der Waals surface area contributed by atoms with Gasteiger partial charge in [0.15, 0.2) is 0 Å². The standard InChI is InChI=1S/C4H6N.BrH.Zn/c1-2-3-4-5;;/h1-3H2;1H;/q-1;;+2/p-1. The number of nitrogens with zero attached hydrogens (tertiary/aromatic N) is 1. The number of hydrogen-bond acceptors (Lipinski definition) is 1. The fourth-order valence-corrected chi connectivity index (χ4v) is 0.0791. The molecule has 36 valence electrons. The molecule has 0 spiro atoms. The van der Waals surface area contributed by atoms with Crippen LogP contribution in [0.15, 0.2) is 0 Å². The number of hydrogen-bond donors (Lipinski definition) is 0. The summed E-state index contributed by atoms with van der Waals surface area (Å²) in [5.41, 5.74) is 0. The molecule has 1 nitrogen and oxygen atoms in total. The minimum atomic E-state index is 0.583. The Morgan fingerprint density at radius 2 is 2.14 bits per heavy atom. The predicted octanol–water partition coefficient (Wildman–Crippen LogP) is 1.97. The average Bonchev–Trinajstić information content (AvgIpc) is 1.75. The third-order valence-corrected chi connectivity index (χ3v) is 0.289. The summed E-state index contributed by atoms with van der Waals surface area (Å²) in [5, 5.41) is 7.78. The fraction of sp³-hybridized carbons (Fsp3) is 0.500. The Morgan fingerprint density at radius 1 is 1.71 bits per heavy atom. The Hall–Kier alpha value is 0.593. The monoisotopic (exact) mass is 211 g/mol. The zero-order valence-corrected chi connectivity index (χ0v) is 8.71. The van der Waals surface area contributed by atoms with Crippen LogP contribution in [0.1, 0.15) is 12.8 Å². The van der Waals surface area contributed by atoms with Crippen LogP contribution in [0, 0.1) is 18.3 Å². The third-order valence-electron chi connectivity index (χ3n) is 0.289. The van der Waals surface area contributed by atoms with Crippen molar-refractivity contribution in [1.82, 2.24) is 0 Å². The molecule has 0 aliphatic heterocycles. The van der Waals surface area contributed by atoms with Crippen LogP contribution in [0.3, 0.4) is 0 Å². The molecule has 0 aromatic heterocycles. The van der Waals surface area contributed by atoms with Crippen LogP contribution in [0.5, 0.6) is 0 Å². The SMILES string of the molecule is [CH2-]CCC#N.[Zn+][Br]. The summed E-state index contributed by atoms with van der Waals surface area (Å²) in [5.74, 6) is 0. The second-order valence-corrected chi connectivity index (χ2v) is 0.762. The number of nitriles is 1. The van der Waals surface area contributed by atoms with Crippen molar-refractivity contribution in [3.63, 3.8) is 0 Å². The van der Waals surface area contributed by atoms with Gasteiger partial charge >= 0.3 is 30.0 Å². The second kappa shape index (κ2) is 16.0. The van der Waals surface area contributed by atoms with E-state index in [1.807, 2.05) is 6.07 Å². The second-order valence-electron chi connectivity index (χ2n) is 0.762. The Morgan fingerprint density at radius 3 is 2.14 bits per heavy atom. The van der Waals surface area contributed by atoms with Gasteiger partial charge in [0.1, 0.15) is 0 Å². The van der Waals surface area contributed by atoms with E-state index in [0.717, 1.165) is 6.42 Å². The zero-order chi connectivity index (χ0) is 6.12. The molecule has 0 aliphatic carbocycles. The molecule has 0 saturated heterocycles. The average molecular weight is 213 g/mol. The van der Waals surface area contributed by atoms with E-state index in [0.29, 0.717) is 6.42 Å². The molecule has 0 atom stereocenters. The van der Waals surface area contributed by atoms with Crippen molar-refractivity contribution in [2.24, 2.45) is 0 Å². The van der Waals surface area contributed by atoms with E-state index < -0.39 is 0 Å². The van der Waals surface area contributed by atoms with Crippen molar-refractivity contribution in [3.8, 4) is 6.07 Å². The first-order chi connectivity index (χ1) is 3.41. The van der Waals surface area contributed by atoms with Crippen molar-refractivity contribution < 1.29 is 16.3 Å². The van der Waals surface area contributed by atoms with Gasteiger partial charge in [-0.2, -0.15) is 11.7 Å². The van der Waals surface area contributed by atoms with Crippen molar-refractivity contribution >= 4 is 13.6 Å². The van der Waals surface area contributed by atoms with Crippen molar-refractivity contribution in [3.05, 3.63) is 6.92 Å². The van der Waals surface area contributed by atoms with E-state index in [1.165, 1.54) is 16.3 Å². The molecule has 0 rings (SSSR count). The third kappa shape index (κ3) is 20.7. The van der Waals surface area contributed by atoms with Crippen LogP contribution in [-0.2, 0) is 16.3 Å². The molecule has 0 N–H and O–H groups in total. The normalized spacial score (nSPS) is 5.57. The van der Waals surface area contributed by atoms with E-state index >= 15 is 0 Å². The zero-order valence-electron chi connectivity index (χ0n) is 4.15. The van der Waals surface area contributed by atoms with Crippen molar-refractivity contribution in [2.45, 2.75) is 12.8 Å². The maximum absolute atomic E-state index is 7.78. The quantitative estimate of drug-likeness (QED) is 0.482. The molecule has 0 aromatic rings. The first kappa shape index (κ1) is 10.6. The van der Waals surface area contributed by atoms with Gasteiger partial charge < -0.3 is 6.92 Å². The first-order valence-electron chi connectivity index (χ1n) is 1.84. The Labute approximate surface area is 61.1 Å². The molecule has 0 unspecified atom stereocenters. The molecule has 0 fully saturated rings. The Balaban J connectivity index is 0. The van der Waals surface area contributed by atoms with Gasteiger partial charge in [0.2, 0.25) is 0 Å². The van der Waals surface area contributed by atoms with Crippen LogP contribution >= 0.6 is 13.6 Å². The summed E-state index contributed by atoms with van der Waals surface area (Å²) in [6.07, 6.45) is 1.32. The first-order valence-corrected chi connectivity index (χ1v) is 8.79. The van der Waals surface area contributed by atoms with E-state index in [9.17, 15) is 0 Å². The van der Waals surface area contributed by atoms with Gasteiger partial charge in [0, 0.05) is 6.42 Å². The van der Waals surface area contributed by atoms with Crippen LogP contribution in [0.4, 0.5) is 0 Å². The molecule has 7 heavy (non-hydrogen) atoms. The summed E-state index contributed by atoms with van der Waals surface area (Å²) < 4.78 is 0. The summed E-state index contributed by atoms with van der Waals surface area (Å²) >= 11 is 4.25. The molecular weight excluding hydrogens is 207 g/mol. The minimum absolute atomic E-state index is 0.583. The fourth-order valence-electron chi connectivity index (χ4n) is 0.0791. The molecule has 0 heterocycles. The van der Waals surface area contributed by atoms with Crippen LogP contribution < -0.4 is 0 Å². The van der Waals surface area contributed by atoms with Gasteiger partial charge in [-0.15, -0.1) is 0 Å². The Kier molecular flexibility index (Phi) is 24.1. The number of halogens is 1. The van der Waals surface area contributed by atoms with Gasteiger partial charge in [-0.3, -0.25) is 0 Å². The maximum atomic E-state index is 7.78. The summed E-state index contributed by atoms with van der Waals surface area (Å²) in [7, 11) is 0. The molecule has 0 aromatic carbocycles. The number of unbranched alkanes of at least 4 members (excludes halogenated alkanes) is 1. The summed E-state index contributed by atoms with van der Waals surface area (Å²) in [4.78, 5) is 0. The van der Waals surface area contributed by atoms with Gasteiger partial charge in [0.25, 0.3) is 0 Å². The number of rotatable bonds is 1. The van der Waals surface area contributed by atoms with Gasteiger partial charge in [-0.25, -0.2) is 0 Å². The summed E-state index contributed by atoms with van der Waals surface area (Å²) in [6.45, 7) is 3.45. The molecule has 0 radical (unpaired) electrons. The molecule has 0 amide bonds. The van der Waals surface area contributed by atoms with Crippen LogP contribution in [0.2, 0.25) is 0 Å². The van der Waals surface area contributed by atoms with Crippen LogP contribution in [-0.4, -0.2) is 0 Å². The van der Waals surface area contributed by atoms with Gasteiger partial charge in [0.05, 0.1) is 6.07 Å². The van der Waals surface area contributed by atoms with Gasteiger partial charge in [-0.05, 0) is 0 Å². The van der Waals surface area contributed by atoms with Gasteiger partial charge in [-0.1, -0.05) is 0 Å². The molecule has 3 heteroatoms. The summed E-state index contributed by atoms with van der Waals surface area (Å²) in [6, 6.07) is 1.95.